The zero-order valence-electron chi connectivity index (χ0n) is 11.8. The summed E-state index contributed by atoms with van der Waals surface area (Å²) in [6.45, 7) is 2.22. The average Bonchev–Trinajstić information content (AvgIpc) is 3.02. The predicted molar refractivity (Wildman–Crippen MR) is 78.7 cm³/mol. The van der Waals surface area contributed by atoms with Gasteiger partial charge in [-0.05, 0) is 18.6 Å². The maximum Gasteiger partial charge on any atom is 0.254 e. The molecule has 0 bridgehead atoms. The first-order chi connectivity index (χ1) is 10.2. The number of carbonyl (C=O) groups excluding carboxylic acids is 2. The Morgan fingerprint density at radius 1 is 1.19 bits per heavy atom. The van der Waals surface area contributed by atoms with Gasteiger partial charge in [0.05, 0.1) is 17.9 Å². The highest BCUT2D eigenvalue weighted by atomic mass is 16.3. The number of benzene rings is 1. The summed E-state index contributed by atoms with van der Waals surface area (Å²) in [5, 5.41) is 5.57. The molecule has 2 amide bonds. The number of hydrogen-bond donors (Lipinski definition) is 2. The molecule has 5 nitrogen and oxygen atoms in total. The molecule has 0 fully saturated rings. The highest BCUT2D eigenvalue weighted by Crippen LogP contribution is 2.10. The van der Waals surface area contributed by atoms with Crippen LogP contribution in [-0.4, -0.2) is 18.4 Å². The molecule has 0 radical (unpaired) electrons. The molecule has 110 valence electrons. The third-order valence-electron chi connectivity index (χ3n) is 3.10. The third kappa shape index (κ3) is 4.49. The summed E-state index contributed by atoms with van der Waals surface area (Å²) in [5.41, 5.74) is 1.50. The molecule has 0 aliphatic rings. The molecule has 2 N–H and O–H groups in total. The highest BCUT2D eigenvalue weighted by molar-refractivity contribution is 5.94. The molecule has 2 aromatic rings. The van der Waals surface area contributed by atoms with Crippen LogP contribution in [0.3, 0.4) is 0 Å². The van der Waals surface area contributed by atoms with E-state index in [9.17, 15) is 9.59 Å². The topological polar surface area (TPSA) is 71.3 Å². The van der Waals surface area contributed by atoms with Crippen molar-refractivity contribution >= 4 is 11.8 Å². The molecule has 21 heavy (non-hydrogen) atoms. The minimum Gasteiger partial charge on any atom is -0.472 e. The molecule has 1 heterocycles. The number of nitrogens with one attached hydrogen (secondary N) is 2. The largest absolute Gasteiger partial charge is 0.472 e. The molecule has 5 heteroatoms. The Morgan fingerprint density at radius 2 is 1.95 bits per heavy atom. The van der Waals surface area contributed by atoms with E-state index in [4.69, 9.17) is 4.42 Å². The molecule has 0 spiro atoms. The first kappa shape index (κ1) is 14.8. The molecule has 0 saturated heterocycles. The summed E-state index contributed by atoms with van der Waals surface area (Å²) in [5.74, 6) is -0.341. The maximum atomic E-state index is 11.8. The van der Waals surface area contributed by atoms with Crippen molar-refractivity contribution in [2.24, 2.45) is 0 Å². The molecule has 2 rings (SSSR count). The second-order valence-electron chi connectivity index (χ2n) is 4.72. The van der Waals surface area contributed by atoms with Gasteiger partial charge in [-0.2, -0.15) is 0 Å². The van der Waals surface area contributed by atoms with Gasteiger partial charge in [0.25, 0.3) is 5.91 Å². The van der Waals surface area contributed by atoms with Crippen LogP contribution in [0.2, 0.25) is 0 Å². The molecule has 0 saturated carbocycles. The van der Waals surface area contributed by atoms with Crippen molar-refractivity contribution in [2.75, 3.05) is 6.54 Å². The minimum atomic E-state index is -0.243. The van der Waals surface area contributed by atoms with Crippen LogP contribution in [0.15, 0.2) is 53.3 Å². The third-order valence-corrected chi connectivity index (χ3v) is 3.10. The van der Waals surface area contributed by atoms with Crippen LogP contribution in [0.25, 0.3) is 0 Å². The summed E-state index contributed by atoms with van der Waals surface area (Å²) in [6.07, 6.45) is 3.04. The Hall–Kier alpha value is -2.56. The van der Waals surface area contributed by atoms with E-state index >= 15 is 0 Å². The fraction of sp³-hybridized carbons (Fsp3) is 0.250. The van der Waals surface area contributed by atoms with Gasteiger partial charge in [0.15, 0.2) is 0 Å². The van der Waals surface area contributed by atoms with Crippen molar-refractivity contribution in [1.29, 1.82) is 0 Å². The van der Waals surface area contributed by atoms with E-state index in [-0.39, 0.29) is 30.8 Å². The second kappa shape index (κ2) is 7.28. The first-order valence-electron chi connectivity index (χ1n) is 6.81. The molecular weight excluding hydrogens is 268 g/mol. The van der Waals surface area contributed by atoms with Crippen molar-refractivity contribution in [3.63, 3.8) is 0 Å². The van der Waals surface area contributed by atoms with E-state index in [1.54, 1.807) is 6.07 Å². The first-order valence-corrected chi connectivity index (χ1v) is 6.81. The Labute approximate surface area is 123 Å². The fourth-order valence-electron chi connectivity index (χ4n) is 1.92. The number of furan rings is 1. The van der Waals surface area contributed by atoms with E-state index in [1.807, 2.05) is 37.3 Å². The van der Waals surface area contributed by atoms with Gasteiger partial charge in [-0.1, -0.05) is 30.3 Å². The fourth-order valence-corrected chi connectivity index (χ4v) is 1.92. The number of carbonyl (C=O) groups is 2. The van der Waals surface area contributed by atoms with Crippen molar-refractivity contribution < 1.29 is 14.0 Å². The van der Waals surface area contributed by atoms with Crippen LogP contribution in [0.1, 0.15) is 35.3 Å². The maximum absolute atomic E-state index is 11.8. The summed E-state index contributed by atoms with van der Waals surface area (Å²) in [7, 11) is 0. The molecule has 1 aromatic carbocycles. The van der Waals surface area contributed by atoms with Gasteiger partial charge >= 0.3 is 0 Å². The zero-order valence-corrected chi connectivity index (χ0v) is 11.8. The standard InChI is InChI=1S/C16H18N2O3/c1-12(13-5-3-2-4-6-13)18-15(19)7-9-17-16(20)14-8-10-21-11-14/h2-6,8,10-12H,7,9H2,1H3,(H,17,20)(H,18,19)/t12-/m1/s1. The predicted octanol–water partition coefficient (Wildman–Crippen LogP) is 2.28. The van der Waals surface area contributed by atoms with Gasteiger partial charge in [-0.25, -0.2) is 0 Å². The van der Waals surface area contributed by atoms with Gasteiger partial charge in [0.1, 0.15) is 6.26 Å². The molecule has 1 atom stereocenters. The van der Waals surface area contributed by atoms with Gasteiger partial charge in [-0.3, -0.25) is 9.59 Å². The van der Waals surface area contributed by atoms with Crippen LogP contribution >= 0.6 is 0 Å². The van der Waals surface area contributed by atoms with Crippen LogP contribution in [0.4, 0.5) is 0 Å². The highest BCUT2D eigenvalue weighted by Gasteiger charge is 2.10. The van der Waals surface area contributed by atoms with Crippen molar-refractivity contribution in [3.8, 4) is 0 Å². The van der Waals surface area contributed by atoms with Crippen molar-refractivity contribution in [1.82, 2.24) is 10.6 Å². The van der Waals surface area contributed by atoms with E-state index in [2.05, 4.69) is 10.6 Å². The Morgan fingerprint density at radius 3 is 2.62 bits per heavy atom. The van der Waals surface area contributed by atoms with Gasteiger partial charge < -0.3 is 15.1 Å². The number of hydrogen-bond acceptors (Lipinski definition) is 3. The molecule has 1 aromatic heterocycles. The minimum absolute atomic E-state index is 0.0525. The van der Waals surface area contributed by atoms with E-state index in [1.165, 1.54) is 12.5 Å². The lowest BCUT2D eigenvalue weighted by Gasteiger charge is -2.14. The lowest BCUT2D eigenvalue weighted by molar-refractivity contribution is -0.121. The molecule has 0 aliphatic heterocycles. The lowest BCUT2D eigenvalue weighted by atomic mass is 10.1. The Balaban J connectivity index is 1.71. The van der Waals surface area contributed by atoms with Crippen molar-refractivity contribution in [3.05, 3.63) is 60.1 Å². The molecule has 0 unspecified atom stereocenters. The van der Waals surface area contributed by atoms with Crippen LogP contribution in [0.5, 0.6) is 0 Å². The Kier molecular flexibility index (Phi) is 5.15. The van der Waals surface area contributed by atoms with Crippen LogP contribution in [-0.2, 0) is 4.79 Å². The summed E-state index contributed by atoms with van der Waals surface area (Å²) >= 11 is 0. The summed E-state index contributed by atoms with van der Waals surface area (Å²) < 4.78 is 4.82. The molecular formula is C16H18N2O3. The van der Waals surface area contributed by atoms with Crippen molar-refractivity contribution in [2.45, 2.75) is 19.4 Å². The Bertz CT molecular complexity index is 579. The summed E-state index contributed by atoms with van der Waals surface area (Å²) in [4.78, 5) is 23.4. The van der Waals surface area contributed by atoms with Gasteiger partial charge in [0.2, 0.25) is 5.91 Å². The monoisotopic (exact) mass is 286 g/mol. The zero-order chi connectivity index (χ0) is 15.1. The van der Waals surface area contributed by atoms with Crippen LogP contribution < -0.4 is 10.6 Å². The SMILES string of the molecule is C[C@@H](NC(=O)CCNC(=O)c1ccoc1)c1ccccc1. The normalized spacial score (nSPS) is 11.7. The van der Waals surface area contributed by atoms with E-state index < -0.39 is 0 Å². The van der Waals surface area contributed by atoms with Crippen LogP contribution in [0, 0.1) is 0 Å². The number of rotatable bonds is 6. The van der Waals surface area contributed by atoms with Gasteiger partial charge in [-0.15, -0.1) is 0 Å². The average molecular weight is 286 g/mol. The van der Waals surface area contributed by atoms with Gasteiger partial charge in [0, 0.05) is 13.0 Å². The molecule has 0 aliphatic carbocycles. The smallest absolute Gasteiger partial charge is 0.254 e. The second-order valence-corrected chi connectivity index (χ2v) is 4.72. The summed E-state index contributed by atoms with van der Waals surface area (Å²) in [6, 6.07) is 11.3. The quantitative estimate of drug-likeness (QED) is 0.855. The van der Waals surface area contributed by atoms with E-state index in [0.29, 0.717) is 5.56 Å². The lowest BCUT2D eigenvalue weighted by Crippen LogP contribution is -2.31. The van der Waals surface area contributed by atoms with E-state index in [0.717, 1.165) is 5.56 Å². The number of amides is 2.